The van der Waals surface area contributed by atoms with E-state index >= 15 is 0 Å². The van der Waals surface area contributed by atoms with Crippen molar-refractivity contribution < 1.29 is 23.1 Å². The van der Waals surface area contributed by atoms with E-state index in [0.717, 1.165) is 23.4 Å². The Morgan fingerprint density at radius 1 is 1.28 bits per heavy atom. The molecule has 0 aliphatic heterocycles. The molecule has 1 aromatic carbocycles. The Bertz CT molecular complexity index is 825. The van der Waals surface area contributed by atoms with Gasteiger partial charge in [0.1, 0.15) is 5.69 Å². The van der Waals surface area contributed by atoms with Crippen molar-refractivity contribution in [2.75, 3.05) is 5.32 Å². The minimum atomic E-state index is -4.51. The average Bonchev–Trinajstić information content (AvgIpc) is 3.03. The molecule has 0 radical (unpaired) electrons. The first-order valence-electron chi connectivity index (χ1n) is 7.99. The van der Waals surface area contributed by atoms with Crippen molar-refractivity contribution in [1.29, 1.82) is 0 Å². The van der Waals surface area contributed by atoms with E-state index in [1.165, 1.54) is 12.1 Å². The summed E-state index contributed by atoms with van der Waals surface area (Å²) in [4.78, 5) is 12.3. The van der Waals surface area contributed by atoms with E-state index in [-0.39, 0.29) is 29.0 Å². The highest BCUT2D eigenvalue weighted by Gasteiger charge is 2.64. The quantitative estimate of drug-likeness (QED) is 0.893. The van der Waals surface area contributed by atoms with Gasteiger partial charge >= 0.3 is 6.18 Å². The van der Waals surface area contributed by atoms with Crippen LogP contribution in [0.4, 0.5) is 18.9 Å². The molecule has 1 amide bonds. The first kappa shape index (κ1) is 16.1. The van der Waals surface area contributed by atoms with Crippen LogP contribution in [0.15, 0.2) is 36.5 Å². The summed E-state index contributed by atoms with van der Waals surface area (Å²) in [7, 11) is 0. The zero-order valence-corrected chi connectivity index (χ0v) is 13.1. The van der Waals surface area contributed by atoms with Crippen LogP contribution in [0.5, 0.6) is 0 Å². The molecule has 2 fully saturated rings. The number of carbonyl (C=O) groups is 1. The summed E-state index contributed by atoms with van der Waals surface area (Å²) in [5.74, 6) is -0.282. The van der Waals surface area contributed by atoms with Crippen LogP contribution in [-0.4, -0.2) is 26.9 Å². The van der Waals surface area contributed by atoms with Gasteiger partial charge < -0.3 is 10.4 Å². The molecule has 2 aliphatic rings. The number of aromatic nitrogens is 2. The van der Waals surface area contributed by atoms with Crippen LogP contribution in [-0.2, 0) is 11.0 Å². The Hall–Kier alpha value is -2.35. The second-order valence-electron chi connectivity index (χ2n) is 6.85. The molecule has 1 spiro atoms. The third-order valence-electron chi connectivity index (χ3n) is 5.08. The van der Waals surface area contributed by atoms with Gasteiger partial charge in [0.2, 0.25) is 5.91 Å². The lowest BCUT2D eigenvalue weighted by Gasteiger charge is -2.32. The van der Waals surface area contributed by atoms with E-state index in [2.05, 4.69) is 10.4 Å². The van der Waals surface area contributed by atoms with Crippen LogP contribution in [0.25, 0.3) is 5.69 Å². The molecule has 1 atom stereocenters. The maximum absolute atomic E-state index is 13.0. The summed E-state index contributed by atoms with van der Waals surface area (Å²) < 4.78 is 39.8. The van der Waals surface area contributed by atoms with Crippen molar-refractivity contribution in [1.82, 2.24) is 9.78 Å². The minimum absolute atomic E-state index is 0.0629. The van der Waals surface area contributed by atoms with E-state index in [1.54, 1.807) is 12.1 Å². The number of nitrogens with zero attached hydrogens (tertiary/aromatic N) is 2. The molecule has 1 heterocycles. The van der Waals surface area contributed by atoms with Crippen molar-refractivity contribution in [3.8, 4) is 5.69 Å². The molecular weight excluding hydrogens is 335 g/mol. The lowest BCUT2D eigenvalue weighted by Crippen LogP contribution is -2.34. The second kappa shape index (κ2) is 5.32. The number of amides is 1. The van der Waals surface area contributed by atoms with Crippen molar-refractivity contribution >= 4 is 11.6 Å². The molecule has 5 nitrogen and oxygen atoms in total. The van der Waals surface area contributed by atoms with Crippen LogP contribution < -0.4 is 5.32 Å². The number of carbonyl (C=O) groups excluding carboxylic acids is 1. The molecular formula is C17H16F3N3O2. The molecule has 2 aromatic rings. The molecule has 1 unspecified atom stereocenters. The SMILES string of the molecule is O=C(Nc1cccc(-n2nccc2C(F)(F)F)c1)C1CC12CC(O)C2. The van der Waals surface area contributed by atoms with Crippen LogP contribution in [0.2, 0.25) is 0 Å². The van der Waals surface area contributed by atoms with Gasteiger partial charge in [-0.2, -0.15) is 18.3 Å². The maximum Gasteiger partial charge on any atom is 0.433 e. The topological polar surface area (TPSA) is 67.2 Å². The van der Waals surface area contributed by atoms with Gasteiger partial charge in [-0.05, 0) is 48.9 Å². The highest BCUT2D eigenvalue weighted by atomic mass is 19.4. The van der Waals surface area contributed by atoms with E-state index in [1.807, 2.05) is 0 Å². The predicted molar refractivity (Wildman–Crippen MR) is 83.0 cm³/mol. The molecule has 0 saturated heterocycles. The van der Waals surface area contributed by atoms with Gasteiger partial charge in [-0.15, -0.1) is 0 Å². The molecule has 4 rings (SSSR count). The fourth-order valence-electron chi connectivity index (χ4n) is 3.72. The Labute approximate surface area is 141 Å². The lowest BCUT2D eigenvalue weighted by molar-refractivity contribution is -0.142. The Kier molecular flexibility index (Phi) is 3.44. The van der Waals surface area contributed by atoms with Gasteiger partial charge in [0, 0.05) is 11.6 Å². The number of anilines is 1. The normalized spacial score (nSPS) is 27.8. The van der Waals surface area contributed by atoms with Gasteiger partial charge in [-0.1, -0.05) is 6.07 Å². The number of benzene rings is 1. The smallest absolute Gasteiger partial charge is 0.393 e. The van der Waals surface area contributed by atoms with E-state index in [4.69, 9.17) is 0 Å². The van der Waals surface area contributed by atoms with Gasteiger partial charge in [-0.3, -0.25) is 4.79 Å². The van der Waals surface area contributed by atoms with E-state index in [0.29, 0.717) is 18.5 Å². The van der Waals surface area contributed by atoms with Crippen LogP contribution in [0.3, 0.4) is 0 Å². The molecule has 2 aliphatic carbocycles. The van der Waals surface area contributed by atoms with Crippen molar-refractivity contribution in [2.24, 2.45) is 11.3 Å². The third-order valence-corrected chi connectivity index (χ3v) is 5.08. The van der Waals surface area contributed by atoms with Gasteiger partial charge in [0.25, 0.3) is 0 Å². The number of aliphatic hydroxyl groups excluding tert-OH is 1. The van der Waals surface area contributed by atoms with Crippen LogP contribution in [0.1, 0.15) is 25.0 Å². The molecule has 2 saturated carbocycles. The average molecular weight is 351 g/mol. The summed E-state index contributed by atoms with van der Waals surface area (Å²) >= 11 is 0. The zero-order chi connectivity index (χ0) is 17.8. The second-order valence-corrected chi connectivity index (χ2v) is 6.85. The number of nitrogens with one attached hydrogen (secondary N) is 1. The minimum Gasteiger partial charge on any atom is -0.393 e. The molecule has 2 N–H and O–H groups in total. The lowest BCUT2D eigenvalue weighted by atomic mass is 9.77. The first-order chi connectivity index (χ1) is 11.8. The van der Waals surface area contributed by atoms with E-state index in [9.17, 15) is 23.1 Å². The van der Waals surface area contributed by atoms with Crippen molar-refractivity contribution in [2.45, 2.75) is 31.5 Å². The van der Waals surface area contributed by atoms with Gasteiger partial charge in [0.05, 0.1) is 18.0 Å². The Morgan fingerprint density at radius 2 is 2.04 bits per heavy atom. The van der Waals surface area contributed by atoms with Gasteiger partial charge in [-0.25, -0.2) is 4.68 Å². The van der Waals surface area contributed by atoms with E-state index < -0.39 is 11.9 Å². The molecule has 25 heavy (non-hydrogen) atoms. The summed E-state index contributed by atoms with van der Waals surface area (Å²) in [5.41, 5.74) is -0.291. The number of alkyl halides is 3. The Balaban J connectivity index is 1.51. The number of aliphatic hydroxyl groups is 1. The van der Waals surface area contributed by atoms with Crippen LogP contribution >= 0.6 is 0 Å². The monoisotopic (exact) mass is 351 g/mol. The fraction of sp³-hybridized carbons (Fsp3) is 0.412. The summed E-state index contributed by atoms with van der Waals surface area (Å²) in [6, 6.07) is 7.07. The number of hydrogen-bond donors (Lipinski definition) is 2. The van der Waals surface area contributed by atoms with Crippen LogP contribution in [0, 0.1) is 11.3 Å². The number of hydrogen-bond acceptors (Lipinski definition) is 3. The molecule has 8 heteroatoms. The fourth-order valence-corrected chi connectivity index (χ4v) is 3.72. The molecule has 132 valence electrons. The molecule has 1 aromatic heterocycles. The number of rotatable bonds is 3. The van der Waals surface area contributed by atoms with Crippen molar-refractivity contribution in [3.05, 3.63) is 42.2 Å². The largest absolute Gasteiger partial charge is 0.433 e. The highest BCUT2D eigenvalue weighted by Crippen LogP contribution is 2.65. The van der Waals surface area contributed by atoms with Crippen molar-refractivity contribution in [3.63, 3.8) is 0 Å². The highest BCUT2D eigenvalue weighted by molar-refractivity contribution is 5.95. The Morgan fingerprint density at radius 3 is 2.72 bits per heavy atom. The third kappa shape index (κ3) is 2.80. The maximum atomic E-state index is 13.0. The summed E-state index contributed by atoms with van der Waals surface area (Å²) in [6.07, 6.45) is -1.69. The summed E-state index contributed by atoms with van der Waals surface area (Å²) in [6.45, 7) is 0. The number of halogens is 3. The zero-order valence-electron chi connectivity index (χ0n) is 13.1. The van der Waals surface area contributed by atoms with Gasteiger partial charge in [0.15, 0.2) is 0 Å². The summed E-state index contributed by atoms with van der Waals surface area (Å²) in [5, 5.41) is 15.9. The molecule has 0 bridgehead atoms. The predicted octanol–water partition coefficient (Wildman–Crippen LogP) is 2.99. The first-order valence-corrected chi connectivity index (χ1v) is 7.99. The standard InChI is InChI=1S/C17H16F3N3O2/c18-17(19,20)14-4-5-21-23(14)11-3-1-2-10(6-11)22-15(25)13-9-16(13)7-12(24)8-16/h1-6,12-13,24H,7-9H2,(H,22,25).